The van der Waals surface area contributed by atoms with Crippen LogP contribution in [0.25, 0.3) is 0 Å². The summed E-state index contributed by atoms with van der Waals surface area (Å²) in [6.07, 6.45) is -1.01. The van der Waals surface area contributed by atoms with Crippen molar-refractivity contribution in [2.45, 2.75) is 37.7 Å². The van der Waals surface area contributed by atoms with Crippen molar-refractivity contribution >= 4 is 21.8 Å². The summed E-state index contributed by atoms with van der Waals surface area (Å²) in [4.78, 5) is 13.9. The number of rotatable bonds is 6. The average molecular weight is 388 g/mol. The van der Waals surface area contributed by atoms with Crippen LogP contribution in [0.4, 0.5) is 10.5 Å². The molecule has 7 heteroatoms. The molecule has 27 heavy (non-hydrogen) atoms. The van der Waals surface area contributed by atoms with Gasteiger partial charge in [0.25, 0.3) is 0 Å². The number of carbonyl (C=O) groups is 1. The Balaban J connectivity index is 1.65. The van der Waals surface area contributed by atoms with E-state index in [1.807, 2.05) is 24.3 Å². The van der Waals surface area contributed by atoms with Crippen molar-refractivity contribution in [3.63, 3.8) is 0 Å². The number of nitrogens with zero attached hydrogens (tertiary/aromatic N) is 1. The molecule has 0 aliphatic carbocycles. The Bertz CT molecular complexity index is 923. The second-order valence-electron chi connectivity index (χ2n) is 6.98. The summed E-state index contributed by atoms with van der Waals surface area (Å²) in [6, 6.07) is 14.5. The largest absolute Gasteiger partial charge is 0.443 e. The van der Waals surface area contributed by atoms with E-state index >= 15 is 0 Å². The standard InChI is InChI=1S/C20H24N2O4S/c1-14(2)16-8-10-17(11-9-16)22-13-18(26-20(22)23)12-21-27(24,25)19-7-5-4-6-15(19)3/h4-11,14,18,21H,12-13H2,1-3H3. The third-order valence-corrected chi connectivity index (χ3v) is 6.21. The fraction of sp³-hybridized carbons (Fsp3) is 0.350. The van der Waals surface area contributed by atoms with Crippen molar-refractivity contribution in [2.24, 2.45) is 0 Å². The number of carbonyl (C=O) groups excluding carboxylic acids is 1. The third kappa shape index (κ3) is 4.31. The number of sulfonamides is 1. The lowest BCUT2D eigenvalue weighted by Gasteiger charge is -2.15. The molecule has 1 unspecified atom stereocenters. The maximum Gasteiger partial charge on any atom is 0.414 e. The lowest BCUT2D eigenvalue weighted by molar-refractivity contribution is 0.143. The summed E-state index contributed by atoms with van der Waals surface area (Å²) in [6.45, 7) is 6.29. The fourth-order valence-electron chi connectivity index (χ4n) is 3.02. The predicted octanol–water partition coefficient (Wildman–Crippen LogP) is 3.42. The molecule has 1 saturated heterocycles. The van der Waals surface area contributed by atoms with Crippen molar-refractivity contribution in [3.8, 4) is 0 Å². The molecule has 1 atom stereocenters. The number of hydrogen-bond acceptors (Lipinski definition) is 4. The van der Waals surface area contributed by atoms with Gasteiger partial charge in [-0.15, -0.1) is 0 Å². The number of cyclic esters (lactones) is 1. The van der Waals surface area contributed by atoms with Gasteiger partial charge in [-0.2, -0.15) is 0 Å². The molecule has 0 spiro atoms. The van der Waals surface area contributed by atoms with Crippen LogP contribution in [0, 0.1) is 6.92 Å². The lowest BCUT2D eigenvalue weighted by Crippen LogP contribution is -2.34. The second-order valence-corrected chi connectivity index (χ2v) is 8.72. The van der Waals surface area contributed by atoms with Crippen LogP contribution < -0.4 is 9.62 Å². The normalized spacial score (nSPS) is 17.4. The molecule has 1 fully saturated rings. The molecule has 1 aliphatic heterocycles. The minimum atomic E-state index is -3.65. The number of ether oxygens (including phenoxy) is 1. The van der Waals surface area contributed by atoms with Crippen LogP contribution in [0.1, 0.15) is 30.9 Å². The van der Waals surface area contributed by atoms with E-state index < -0.39 is 22.2 Å². The highest BCUT2D eigenvalue weighted by molar-refractivity contribution is 7.89. The summed E-state index contributed by atoms with van der Waals surface area (Å²) in [5.74, 6) is 0.410. The molecule has 0 aromatic heterocycles. The van der Waals surface area contributed by atoms with Gasteiger partial charge >= 0.3 is 6.09 Å². The van der Waals surface area contributed by atoms with Crippen LogP contribution in [-0.4, -0.2) is 33.7 Å². The van der Waals surface area contributed by atoms with Crippen LogP contribution in [0.15, 0.2) is 53.4 Å². The van der Waals surface area contributed by atoms with E-state index in [2.05, 4.69) is 18.6 Å². The predicted molar refractivity (Wildman–Crippen MR) is 105 cm³/mol. The van der Waals surface area contributed by atoms with Gasteiger partial charge < -0.3 is 4.74 Å². The van der Waals surface area contributed by atoms with E-state index in [1.165, 1.54) is 10.5 Å². The molecule has 0 saturated carbocycles. The van der Waals surface area contributed by atoms with Gasteiger partial charge in [-0.1, -0.05) is 44.2 Å². The number of hydrogen-bond donors (Lipinski definition) is 1. The lowest BCUT2D eigenvalue weighted by atomic mass is 10.0. The van der Waals surface area contributed by atoms with Crippen molar-refractivity contribution in [2.75, 3.05) is 18.0 Å². The Labute approximate surface area is 160 Å². The summed E-state index contributed by atoms with van der Waals surface area (Å²) in [5.41, 5.74) is 2.60. The Kier molecular flexibility index (Phi) is 5.53. The molecule has 3 rings (SSSR count). The number of aryl methyl sites for hydroxylation is 1. The molecule has 6 nitrogen and oxygen atoms in total. The van der Waals surface area contributed by atoms with Crippen LogP contribution in [0.2, 0.25) is 0 Å². The zero-order valence-electron chi connectivity index (χ0n) is 15.7. The number of anilines is 1. The Hall–Kier alpha value is -2.38. The van der Waals surface area contributed by atoms with Crippen LogP contribution in [0.5, 0.6) is 0 Å². The van der Waals surface area contributed by atoms with Crippen molar-refractivity contribution in [1.82, 2.24) is 4.72 Å². The van der Waals surface area contributed by atoms with E-state index in [-0.39, 0.29) is 11.4 Å². The van der Waals surface area contributed by atoms with Crippen LogP contribution >= 0.6 is 0 Å². The van der Waals surface area contributed by atoms with Gasteiger partial charge in [-0.3, -0.25) is 4.90 Å². The molecule has 1 aliphatic rings. The molecule has 2 aromatic carbocycles. The maximum atomic E-state index is 12.5. The smallest absolute Gasteiger partial charge is 0.414 e. The fourth-order valence-corrected chi connectivity index (χ4v) is 4.33. The summed E-state index contributed by atoms with van der Waals surface area (Å²) >= 11 is 0. The minimum absolute atomic E-state index is 0.0307. The first-order valence-corrected chi connectivity index (χ1v) is 10.4. The maximum absolute atomic E-state index is 12.5. The molecule has 2 aromatic rings. The third-order valence-electron chi connectivity index (χ3n) is 4.63. The highest BCUT2D eigenvalue weighted by atomic mass is 32.2. The number of amides is 1. The first-order chi connectivity index (χ1) is 12.8. The van der Waals surface area contributed by atoms with Crippen molar-refractivity contribution in [3.05, 3.63) is 59.7 Å². The molecule has 144 valence electrons. The molecule has 0 bridgehead atoms. The van der Waals surface area contributed by atoms with Gasteiger partial charge in [0.15, 0.2) is 0 Å². The first-order valence-electron chi connectivity index (χ1n) is 8.91. The zero-order chi connectivity index (χ0) is 19.6. The van der Waals surface area contributed by atoms with Gasteiger partial charge in [0, 0.05) is 12.2 Å². The SMILES string of the molecule is Cc1ccccc1S(=O)(=O)NCC1CN(c2ccc(C(C)C)cc2)C(=O)O1. The minimum Gasteiger partial charge on any atom is -0.443 e. The topological polar surface area (TPSA) is 75.7 Å². The number of nitrogens with one attached hydrogen (secondary N) is 1. The van der Waals surface area contributed by atoms with Crippen molar-refractivity contribution < 1.29 is 17.9 Å². The van der Waals surface area contributed by atoms with Gasteiger partial charge in [0.2, 0.25) is 10.0 Å². The van der Waals surface area contributed by atoms with E-state index in [1.54, 1.807) is 31.2 Å². The summed E-state index contributed by atoms with van der Waals surface area (Å²) in [5, 5.41) is 0. The zero-order valence-corrected chi connectivity index (χ0v) is 16.5. The van der Waals surface area contributed by atoms with Gasteiger partial charge in [0.1, 0.15) is 6.10 Å². The molecule has 1 amide bonds. The van der Waals surface area contributed by atoms with Gasteiger partial charge in [-0.05, 0) is 42.2 Å². The molecule has 0 radical (unpaired) electrons. The Morgan fingerprint density at radius 1 is 1.15 bits per heavy atom. The summed E-state index contributed by atoms with van der Waals surface area (Å²) in [7, 11) is -3.65. The Morgan fingerprint density at radius 3 is 2.44 bits per heavy atom. The highest BCUT2D eigenvalue weighted by Gasteiger charge is 2.33. The second kappa shape index (κ2) is 7.70. The monoisotopic (exact) mass is 388 g/mol. The first kappa shape index (κ1) is 19.4. The average Bonchev–Trinajstić information content (AvgIpc) is 3.01. The van der Waals surface area contributed by atoms with Crippen LogP contribution in [-0.2, 0) is 14.8 Å². The van der Waals surface area contributed by atoms with E-state index in [9.17, 15) is 13.2 Å². The van der Waals surface area contributed by atoms with E-state index in [0.29, 0.717) is 18.0 Å². The van der Waals surface area contributed by atoms with E-state index in [0.717, 1.165) is 5.69 Å². The van der Waals surface area contributed by atoms with Gasteiger partial charge in [-0.25, -0.2) is 17.9 Å². The number of benzene rings is 2. The molecule has 1 N–H and O–H groups in total. The van der Waals surface area contributed by atoms with Crippen molar-refractivity contribution in [1.29, 1.82) is 0 Å². The quantitative estimate of drug-likeness (QED) is 0.823. The van der Waals surface area contributed by atoms with E-state index in [4.69, 9.17) is 4.74 Å². The van der Waals surface area contributed by atoms with Gasteiger partial charge in [0.05, 0.1) is 11.4 Å². The molecule has 1 heterocycles. The molecular weight excluding hydrogens is 364 g/mol. The van der Waals surface area contributed by atoms with Crippen LogP contribution in [0.3, 0.4) is 0 Å². The Morgan fingerprint density at radius 2 is 1.81 bits per heavy atom. The highest BCUT2D eigenvalue weighted by Crippen LogP contribution is 2.24. The summed E-state index contributed by atoms with van der Waals surface area (Å²) < 4.78 is 32.8. The molecular formula is C20H24N2O4S.